The second-order valence-corrected chi connectivity index (χ2v) is 4.22. The van der Waals surface area contributed by atoms with Crippen LogP contribution >= 0.6 is 15.9 Å². The van der Waals surface area contributed by atoms with Crippen LogP contribution in [0, 0.1) is 0 Å². The number of carbonyl (C=O) groups is 1. The van der Waals surface area contributed by atoms with Gasteiger partial charge in [0.15, 0.2) is 0 Å². The molecule has 1 fully saturated rings. The molecule has 0 saturated carbocycles. The van der Waals surface area contributed by atoms with E-state index in [0.29, 0.717) is 12.2 Å². The molecule has 1 aliphatic rings. The van der Waals surface area contributed by atoms with Gasteiger partial charge in [0.2, 0.25) is 0 Å². The highest BCUT2D eigenvalue weighted by molar-refractivity contribution is 9.10. The maximum absolute atomic E-state index is 11.7. The Morgan fingerprint density at radius 3 is 3.07 bits per heavy atom. The van der Waals surface area contributed by atoms with Crippen LogP contribution in [-0.4, -0.2) is 30.1 Å². The largest absolute Gasteiger partial charge is 0.379 e. The Hall–Kier alpha value is -0.940. The number of nitrogens with one attached hydrogen (secondary N) is 1. The molecular weight excluding hydrogens is 260 g/mol. The van der Waals surface area contributed by atoms with Crippen LogP contribution in [0.25, 0.3) is 0 Å². The van der Waals surface area contributed by atoms with Crippen molar-refractivity contribution in [3.63, 3.8) is 0 Å². The minimum absolute atomic E-state index is 0.0921. The van der Waals surface area contributed by atoms with Crippen molar-refractivity contribution in [3.8, 4) is 0 Å². The summed E-state index contributed by atoms with van der Waals surface area (Å²) < 4.78 is 5.90. The van der Waals surface area contributed by atoms with Crippen molar-refractivity contribution >= 4 is 21.8 Å². The summed E-state index contributed by atoms with van der Waals surface area (Å²) in [6, 6.07) is 3.63. The monoisotopic (exact) mass is 270 g/mol. The maximum atomic E-state index is 11.7. The standard InChI is InChI=1S/C10H11BrN2O2/c11-9-2-1-7(5-12-9)10(14)13-8-3-4-15-6-8/h1-2,5,8H,3-4,6H2,(H,13,14). The number of ether oxygens (including phenoxy) is 1. The Morgan fingerprint density at radius 1 is 1.60 bits per heavy atom. The second kappa shape index (κ2) is 4.72. The van der Waals surface area contributed by atoms with Crippen LogP contribution in [0.2, 0.25) is 0 Å². The van der Waals surface area contributed by atoms with Crippen molar-refractivity contribution in [2.45, 2.75) is 12.5 Å². The smallest absolute Gasteiger partial charge is 0.253 e. The first-order valence-corrected chi connectivity index (χ1v) is 5.55. The molecule has 1 unspecified atom stereocenters. The molecule has 0 aromatic carbocycles. The SMILES string of the molecule is O=C(NC1CCOC1)c1ccc(Br)nc1. The molecule has 1 aromatic rings. The number of rotatable bonds is 2. The van der Waals surface area contributed by atoms with Gasteiger partial charge in [-0.1, -0.05) is 0 Å². The zero-order valence-electron chi connectivity index (χ0n) is 8.07. The predicted octanol–water partition coefficient (Wildman–Crippen LogP) is 1.36. The minimum atomic E-state index is -0.0921. The van der Waals surface area contributed by atoms with Crippen molar-refractivity contribution in [3.05, 3.63) is 28.5 Å². The van der Waals surface area contributed by atoms with E-state index in [-0.39, 0.29) is 11.9 Å². The molecule has 0 radical (unpaired) electrons. The van der Waals surface area contributed by atoms with Gasteiger partial charge >= 0.3 is 0 Å². The molecule has 1 N–H and O–H groups in total. The van der Waals surface area contributed by atoms with Crippen LogP contribution in [-0.2, 0) is 4.74 Å². The number of halogens is 1. The molecule has 0 bridgehead atoms. The summed E-state index contributed by atoms with van der Waals surface area (Å²) in [5.41, 5.74) is 0.574. The van der Waals surface area contributed by atoms with Gasteiger partial charge in [-0.25, -0.2) is 4.98 Å². The average Bonchev–Trinajstić information content (AvgIpc) is 2.71. The summed E-state index contributed by atoms with van der Waals surface area (Å²) in [6.07, 6.45) is 2.44. The van der Waals surface area contributed by atoms with Crippen molar-refractivity contribution in [2.75, 3.05) is 13.2 Å². The molecule has 80 valence electrons. The fourth-order valence-corrected chi connectivity index (χ4v) is 1.66. The summed E-state index contributed by atoms with van der Waals surface area (Å²) >= 11 is 3.22. The molecule has 1 aromatic heterocycles. The number of hydrogen-bond acceptors (Lipinski definition) is 3. The molecule has 0 aliphatic carbocycles. The number of hydrogen-bond donors (Lipinski definition) is 1. The lowest BCUT2D eigenvalue weighted by molar-refractivity contribution is 0.0929. The van der Waals surface area contributed by atoms with Crippen LogP contribution < -0.4 is 5.32 Å². The topological polar surface area (TPSA) is 51.2 Å². The van der Waals surface area contributed by atoms with E-state index in [2.05, 4.69) is 26.2 Å². The van der Waals surface area contributed by atoms with Gasteiger partial charge in [-0.3, -0.25) is 4.79 Å². The van der Waals surface area contributed by atoms with E-state index >= 15 is 0 Å². The quantitative estimate of drug-likeness (QED) is 0.826. The third-order valence-electron chi connectivity index (χ3n) is 2.25. The Morgan fingerprint density at radius 2 is 2.47 bits per heavy atom. The summed E-state index contributed by atoms with van der Waals surface area (Å²) in [5.74, 6) is -0.0921. The first kappa shape index (κ1) is 10.6. The summed E-state index contributed by atoms with van der Waals surface area (Å²) in [5, 5.41) is 2.90. The van der Waals surface area contributed by atoms with Gasteiger partial charge in [-0.2, -0.15) is 0 Å². The maximum Gasteiger partial charge on any atom is 0.253 e. The average molecular weight is 271 g/mol. The van der Waals surface area contributed by atoms with Gasteiger partial charge in [-0.05, 0) is 34.5 Å². The van der Waals surface area contributed by atoms with Crippen molar-refractivity contribution < 1.29 is 9.53 Å². The van der Waals surface area contributed by atoms with E-state index in [0.717, 1.165) is 17.6 Å². The lowest BCUT2D eigenvalue weighted by Crippen LogP contribution is -2.35. The lowest BCUT2D eigenvalue weighted by atomic mass is 10.2. The van der Waals surface area contributed by atoms with Crippen molar-refractivity contribution in [1.82, 2.24) is 10.3 Å². The minimum Gasteiger partial charge on any atom is -0.379 e. The molecule has 4 nitrogen and oxygen atoms in total. The fraction of sp³-hybridized carbons (Fsp3) is 0.400. The molecule has 5 heteroatoms. The highest BCUT2D eigenvalue weighted by Crippen LogP contribution is 2.08. The molecule has 1 amide bonds. The number of carbonyl (C=O) groups excluding carboxylic acids is 1. The van der Waals surface area contributed by atoms with Gasteiger partial charge in [0, 0.05) is 12.8 Å². The molecule has 1 aliphatic heterocycles. The highest BCUT2D eigenvalue weighted by atomic mass is 79.9. The van der Waals surface area contributed by atoms with Crippen LogP contribution in [0.4, 0.5) is 0 Å². The van der Waals surface area contributed by atoms with Crippen molar-refractivity contribution in [1.29, 1.82) is 0 Å². The number of pyridine rings is 1. The molecule has 1 atom stereocenters. The Bertz CT molecular complexity index is 347. The zero-order valence-corrected chi connectivity index (χ0v) is 9.66. The van der Waals surface area contributed by atoms with Crippen LogP contribution in [0.5, 0.6) is 0 Å². The van der Waals surface area contributed by atoms with Gasteiger partial charge in [-0.15, -0.1) is 0 Å². The van der Waals surface area contributed by atoms with Gasteiger partial charge in [0.25, 0.3) is 5.91 Å². The van der Waals surface area contributed by atoms with E-state index < -0.39 is 0 Å². The number of aromatic nitrogens is 1. The number of amides is 1. The normalized spacial score (nSPS) is 20.2. The van der Waals surface area contributed by atoms with Crippen LogP contribution in [0.3, 0.4) is 0 Å². The first-order chi connectivity index (χ1) is 7.25. The summed E-state index contributed by atoms with van der Waals surface area (Å²) in [4.78, 5) is 15.7. The summed E-state index contributed by atoms with van der Waals surface area (Å²) in [6.45, 7) is 1.33. The third-order valence-corrected chi connectivity index (χ3v) is 2.72. The van der Waals surface area contributed by atoms with Gasteiger partial charge < -0.3 is 10.1 Å². The van der Waals surface area contributed by atoms with E-state index in [4.69, 9.17) is 4.74 Å². The number of nitrogens with zero attached hydrogens (tertiary/aromatic N) is 1. The zero-order chi connectivity index (χ0) is 10.7. The first-order valence-electron chi connectivity index (χ1n) is 4.76. The Balaban J connectivity index is 1.98. The highest BCUT2D eigenvalue weighted by Gasteiger charge is 2.18. The summed E-state index contributed by atoms with van der Waals surface area (Å²) in [7, 11) is 0. The van der Waals surface area contributed by atoms with Crippen LogP contribution in [0.15, 0.2) is 22.9 Å². The predicted molar refractivity (Wildman–Crippen MR) is 58.6 cm³/mol. The molecule has 0 spiro atoms. The third kappa shape index (κ3) is 2.76. The molecule has 1 saturated heterocycles. The van der Waals surface area contributed by atoms with Gasteiger partial charge in [0.1, 0.15) is 4.60 Å². The Labute approximate surface area is 96.2 Å². The van der Waals surface area contributed by atoms with E-state index in [9.17, 15) is 4.79 Å². The van der Waals surface area contributed by atoms with E-state index in [1.54, 1.807) is 18.3 Å². The van der Waals surface area contributed by atoms with Crippen molar-refractivity contribution in [2.24, 2.45) is 0 Å². The van der Waals surface area contributed by atoms with E-state index in [1.165, 1.54) is 0 Å². The second-order valence-electron chi connectivity index (χ2n) is 3.40. The fourth-order valence-electron chi connectivity index (χ4n) is 1.43. The molecule has 2 heterocycles. The lowest BCUT2D eigenvalue weighted by Gasteiger charge is -2.09. The van der Waals surface area contributed by atoms with Crippen LogP contribution in [0.1, 0.15) is 16.8 Å². The van der Waals surface area contributed by atoms with Gasteiger partial charge in [0.05, 0.1) is 18.2 Å². The molecule has 15 heavy (non-hydrogen) atoms. The Kier molecular flexibility index (Phi) is 3.33. The molecule has 2 rings (SSSR count). The van der Waals surface area contributed by atoms with E-state index in [1.807, 2.05) is 0 Å². The molecular formula is C10H11BrN2O2.